The number of halogens is 2. The molecule has 1 aromatic rings. The van der Waals surface area contributed by atoms with Crippen molar-refractivity contribution in [3.05, 3.63) is 21.3 Å². The Hall–Kier alpha value is 0.470. The van der Waals surface area contributed by atoms with Gasteiger partial charge in [-0.05, 0) is 41.7 Å². The van der Waals surface area contributed by atoms with Crippen LogP contribution in [0.2, 0.25) is 4.34 Å². The van der Waals surface area contributed by atoms with Crippen LogP contribution in [0.25, 0.3) is 0 Å². The molecule has 1 heterocycles. The van der Waals surface area contributed by atoms with E-state index in [1.165, 1.54) is 31.2 Å². The average molecular weight is 280 g/mol. The number of hydrogen-bond acceptors (Lipinski definition) is 1. The molecule has 0 spiro atoms. The van der Waals surface area contributed by atoms with Crippen LogP contribution >= 0.6 is 38.9 Å². The standard InChI is InChI=1S/C10H12BrClS/c11-7-10(2-1-3-10)5-8-4-9(12)13-6-8/h4,6H,1-3,5,7H2. The Labute approximate surface area is 96.4 Å². The zero-order valence-electron chi connectivity index (χ0n) is 7.35. The largest absolute Gasteiger partial charge is 0.132 e. The molecule has 0 radical (unpaired) electrons. The van der Waals surface area contributed by atoms with Crippen molar-refractivity contribution >= 4 is 38.9 Å². The van der Waals surface area contributed by atoms with E-state index in [9.17, 15) is 0 Å². The van der Waals surface area contributed by atoms with E-state index >= 15 is 0 Å². The molecule has 1 aromatic heterocycles. The second-order valence-corrected chi connectivity index (χ2v) is 6.03. The molecular weight excluding hydrogens is 268 g/mol. The second kappa shape index (κ2) is 3.92. The summed E-state index contributed by atoms with van der Waals surface area (Å²) in [4.78, 5) is 0. The smallest absolute Gasteiger partial charge is 0.0931 e. The Kier molecular flexibility index (Phi) is 3.01. The van der Waals surface area contributed by atoms with Gasteiger partial charge in [-0.1, -0.05) is 34.0 Å². The lowest BCUT2D eigenvalue weighted by atomic mass is 9.67. The van der Waals surface area contributed by atoms with Crippen molar-refractivity contribution < 1.29 is 0 Å². The topological polar surface area (TPSA) is 0 Å². The van der Waals surface area contributed by atoms with Crippen LogP contribution in [0.3, 0.4) is 0 Å². The first-order chi connectivity index (χ1) is 6.24. The Bertz CT molecular complexity index is 285. The zero-order chi connectivity index (χ0) is 9.31. The fourth-order valence-electron chi connectivity index (χ4n) is 1.91. The van der Waals surface area contributed by atoms with Gasteiger partial charge in [0.25, 0.3) is 0 Å². The minimum absolute atomic E-state index is 0.546. The summed E-state index contributed by atoms with van der Waals surface area (Å²) < 4.78 is 0.916. The van der Waals surface area contributed by atoms with Gasteiger partial charge in [0.2, 0.25) is 0 Å². The van der Waals surface area contributed by atoms with E-state index in [0.29, 0.717) is 5.41 Å². The molecule has 3 heteroatoms. The summed E-state index contributed by atoms with van der Waals surface area (Å²) in [6, 6.07) is 2.11. The maximum atomic E-state index is 5.90. The van der Waals surface area contributed by atoms with Gasteiger partial charge >= 0.3 is 0 Å². The van der Waals surface area contributed by atoms with E-state index in [0.717, 1.165) is 9.67 Å². The Morgan fingerprint density at radius 3 is 2.69 bits per heavy atom. The van der Waals surface area contributed by atoms with Crippen molar-refractivity contribution in [1.82, 2.24) is 0 Å². The minimum Gasteiger partial charge on any atom is -0.132 e. The van der Waals surface area contributed by atoms with Gasteiger partial charge < -0.3 is 0 Å². The van der Waals surface area contributed by atoms with Gasteiger partial charge in [-0.2, -0.15) is 0 Å². The highest BCUT2D eigenvalue weighted by Gasteiger charge is 2.35. The number of thiophene rings is 1. The molecule has 0 amide bonds. The number of rotatable bonds is 3. The predicted molar refractivity (Wildman–Crippen MR) is 63.1 cm³/mol. The Morgan fingerprint density at radius 2 is 2.31 bits per heavy atom. The number of alkyl halides is 1. The quantitative estimate of drug-likeness (QED) is 0.714. The third kappa shape index (κ3) is 2.11. The highest BCUT2D eigenvalue weighted by atomic mass is 79.9. The molecule has 0 nitrogen and oxygen atoms in total. The summed E-state index contributed by atoms with van der Waals surface area (Å²) in [6.07, 6.45) is 5.32. The summed E-state index contributed by atoms with van der Waals surface area (Å²) >= 11 is 11.2. The predicted octanol–water partition coefficient (Wildman–Crippen LogP) is 4.51. The first-order valence-corrected chi connectivity index (χ1v) is 6.91. The van der Waals surface area contributed by atoms with E-state index in [4.69, 9.17) is 11.6 Å². The summed E-state index contributed by atoms with van der Waals surface area (Å²) in [5.74, 6) is 0. The van der Waals surface area contributed by atoms with Gasteiger partial charge in [-0.25, -0.2) is 0 Å². The van der Waals surface area contributed by atoms with E-state index in [1.54, 1.807) is 11.3 Å². The molecule has 0 aliphatic heterocycles. The zero-order valence-corrected chi connectivity index (χ0v) is 10.5. The SMILES string of the molecule is Clc1cc(CC2(CBr)CCC2)cs1. The highest BCUT2D eigenvalue weighted by molar-refractivity contribution is 9.09. The van der Waals surface area contributed by atoms with Crippen molar-refractivity contribution in [2.75, 3.05) is 5.33 Å². The van der Waals surface area contributed by atoms with E-state index in [1.807, 2.05) is 0 Å². The van der Waals surface area contributed by atoms with Gasteiger partial charge in [-0.3, -0.25) is 0 Å². The van der Waals surface area contributed by atoms with Gasteiger partial charge in [0.05, 0.1) is 4.34 Å². The molecule has 1 aliphatic rings. The molecule has 0 unspecified atom stereocenters. The lowest BCUT2D eigenvalue weighted by Crippen LogP contribution is -2.33. The van der Waals surface area contributed by atoms with Crippen molar-refractivity contribution in [2.24, 2.45) is 5.41 Å². The van der Waals surface area contributed by atoms with Crippen LogP contribution in [-0.4, -0.2) is 5.33 Å². The monoisotopic (exact) mass is 278 g/mol. The molecule has 72 valence electrons. The van der Waals surface area contributed by atoms with Crippen LogP contribution in [-0.2, 0) is 6.42 Å². The van der Waals surface area contributed by atoms with Crippen LogP contribution in [0.4, 0.5) is 0 Å². The third-order valence-corrected chi connectivity index (χ3v) is 5.23. The second-order valence-electron chi connectivity index (χ2n) is 3.92. The van der Waals surface area contributed by atoms with Crippen molar-refractivity contribution in [1.29, 1.82) is 0 Å². The molecule has 0 saturated heterocycles. The molecule has 0 aromatic carbocycles. The van der Waals surface area contributed by atoms with E-state index in [-0.39, 0.29) is 0 Å². The van der Waals surface area contributed by atoms with Crippen LogP contribution in [0.1, 0.15) is 24.8 Å². The molecule has 13 heavy (non-hydrogen) atoms. The van der Waals surface area contributed by atoms with Crippen molar-refractivity contribution in [3.8, 4) is 0 Å². The summed E-state index contributed by atoms with van der Waals surface area (Å²) in [6.45, 7) is 0. The van der Waals surface area contributed by atoms with Crippen LogP contribution < -0.4 is 0 Å². The van der Waals surface area contributed by atoms with Gasteiger partial charge in [-0.15, -0.1) is 11.3 Å². The van der Waals surface area contributed by atoms with Crippen molar-refractivity contribution in [3.63, 3.8) is 0 Å². The normalized spacial score (nSPS) is 19.8. The summed E-state index contributed by atoms with van der Waals surface area (Å²) in [7, 11) is 0. The number of hydrogen-bond donors (Lipinski definition) is 0. The summed E-state index contributed by atoms with van der Waals surface area (Å²) in [5.41, 5.74) is 1.96. The van der Waals surface area contributed by atoms with Gasteiger partial charge in [0, 0.05) is 5.33 Å². The molecule has 1 fully saturated rings. The molecule has 0 atom stereocenters. The van der Waals surface area contributed by atoms with Gasteiger partial charge in [0.1, 0.15) is 0 Å². The Balaban J connectivity index is 2.04. The molecular formula is C10H12BrClS. The minimum atomic E-state index is 0.546. The first-order valence-electron chi connectivity index (χ1n) is 4.53. The van der Waals surface area contributed by atoms with Crippen LogP contribution in [0.15, 0.2) is 11.4 Å². The fraction of sp³-hybridized carbons (Fsp3) is 0.600. The lowest BCUT2D eigenvalue weighted by molar-refractivity contribution is 0.170. The highest BCUT2D eigenvalue weighted by Crippen LogP contribution is 2.45. The average Bonchev–Trinajstić information content (AvgIpc) is 2.44. The fourth-order valence-corrected chi connectivity index (χ4v) is 3.57. The third-order valence-electron chi connectivity index (χ3n) is 2.90. The Morgan fingerprint density at radius 1 is 1.54 bits per heavy atom. The maximum absolute atomic E-state index is 5.90. The van der Waals surface area contributed by atoms with Crippen molar-refractivity contribution in [2.45, 2.75) is 25.7 Å². The first kappa shape index (κ1) is 10.0. The lowest BCUT2D eigenvalue weighted by Gasteiger charge is -2.40. The molecule has 0 N–H and O–H groups in total. The molecule has 0 bridgehead atoms. The molecule has 1 aliphatic carbocycles. The molecule has 2 rings (SSSR count). The van der Waals surface area contributed by atoms with Crippen LogP contribution in [0, 0.1) is 5.41 Å². The summed E-state index contributed by atoms with van der Waals surface area (Å²) in [5, 5.41) is 3.32. The van der Waals surface area contributed by atoms with Crippen LogP contribution in [0.5, 0.6) is 0 Å². The molecule has 1 saturated carbocycles. The van der Waals surface area contributed by atoms with E-state index in [2.05, 4.69) is 27.4 Å². The van der Waals surface area contributed by atoms with Gasteiger partial charge in [0.15, 0.2) is 0 Å². The maximum Gasteiger partial charge on any atom is 0.0931 e. The van der Waals surface area contributed by atoms with E-state index < -0.39 is 0 Å².